The van der Waals surface area contributed by atoms with Crippen molar-refractivity contribution in [2.75, 3.05) is 72.7 Å². The molecule has 5 aromatic heterocycles. The fraction of sp³-hybridized carbons (Fsp3) is 0.563. The number of nitrogens with zero attached hydrogens (tertiary/aromatic N) is 15. The Labute approximate surface area is 630 Å². The molecule has 0 aliphatic carbocycles. The summed E-state index contributed by atoms with van der Waals surface area (Å²) in [6.07, 6.45) is 1.13. The molecule has 2 aromatic carbocycles. The average Bonchev–Trinajstić information content (AvgIpc) is 1.77. The SMILES string of the molecule is C=C(C)CCn1c(=O)n(CC2CO2)c(=O)n(CC2CO2)c1=O.C=CCn1c(=O)n(CC2(C)CO2)c(=O)n(CC2(C)CO2)c1=O.O=c1n(CC2CO2)c(=O)n(-c2ccccc2)c(=O)n1CC1CO1.O=c1n(CCCO)c(=O)n(CC2CO2)c(=O)n1CC1CO1.O=c1n(Cc2ccccc2)c(=O)n(CC2CO2)c(=O)n1CC1CO1. The van der Waals surface area contributed by atoms with E-state index < -0.39 is 96.5 Å². The second kappa shape index (κ2) is 33.5. The van der Waals surface area contributed by atoms with Gasteiger partial charge in [-0.05, 0) is 51.3 Å². The highest BCUT2D eigenvalue weighted by Crippen LogP contribution is 2.28. The molecule has 17 rings (SSSR count). The standard InChI is InChI=1S/C16H17N3O5.C15H15N3O5.2C14H19N3O5.C12H17N3O6/c20-14-17(6-11-4-2-1-3-5-11)15(21)19(8-13-10-24-13)16(22)18(14)7-12-9-23-12;19-13-16(6-11-8-22-11)14(20)18(10-4-2-1-3-5-10)15(21)17(13)7-12-9-23-12;1-9(2)3-4-15-12(18)16(5-10-7-21-10)14(20)17(13(15)19)6-11-8-22-11;1-4-5-15-10(18)16(6-13(2)8-21-13)12(20)17(11(15)19)7-14(3)9-22-14;16-3-1-2-13-10(17)14(4-8-6-20-8)12(19)15(11(13)18)5-9-7-21-9/h1-5,12-13H,6-10H2;1-5,11-12H,6-9H2;10-11H,1,3-8H2,2H3;4H,1,5-9H2,2-3H3;8-9,16H,1-7H2. The summed E-state index contributed by atoms with van der Waals surface area (Å²) in [5, 5.41) is 8.88. The Hall–Kier alpha value is -10.5. The highest BCUT2D eigenvalue weighted by atomic mass is 16.6. The van der Waals surface area contributed by atoms with Gasteiger partial charge in [0.1, 0.15) is 11.2 Å². The molecule has 41 nitrogen and oxygen atoms in total. The number of allylic oxidation sites excluding steroid dienone is 2. The van der Waals surface area contributed by atoms with E-state index in [-0.39, 0.29) is 153 Å². The second-order valence-electron chi connectivity index (χ2n) is 29.1. The number of aliphatic hydroxyl groups excluding tert-OH is 1. The molecule has 15 heterocycles. The van der Waals surface area contributed by atoms with Crippen LogP contribution in [-0.2, 0) is 139 Å². The largest absolute Gasteiger partial charge is 0.396 e. The van der Waals surface area contributed by atoms with Crippen LogP contribution in [0.15, 0.2) is 157 Å². The topological polar surface area (TPSA) is 476 Å². The number of epoxide rings is 10. The normalized spacial score (nSPS) is 23.8. The van der Waals surface area contributed by atoms with Crippen molar-refractivity contribution in [2.24, 2.45) is 0 Å². The molecule has 602 valence electrons. The van der Waals surface area contributed by atoms with Gasteiger partial charge < -0.3 is 52.5 Å². The highest BCUT2D eigenvalue weighted by molar-refractivity contribution is 5.30. The lowest BCUT2D eigenvalue weighted by Crippen LogP contribution is -2.56. The first-order valence-corrected chi connectivity index (χ1v) is 36.6. The minimum absolute atomic E-state index is 0.0487. The van der Waals surface area contributed by atoms with E-state index in [2.05, 4.69) is 13.2 Å². The van der Waals surface area contributed by atoms with Crippen molar-refractivity contribution < 1.29 is 52.5 Å². The number of benzene rings is 2. The predicted octanol–water partition coefficient (Wildman–Crippen LogP) is -6.80. The van der Waals surface area contributed by atoms with Gasteiger partial charge in [0, 0.05) is 19.7 Å². The molecule has 10 saturated heterocycles. The van der Waals surface area contributed by atoms with E-state index in [0.29, 0.717) is 78.2 Å². The van der Waals surface area contributed by atoms with Gasteiger partial charge in [-0.1, -0.05) is 60.2 Å². The van der Waals surface area contributed by atoms with Crippen LogP contribution < -0.4 is 85.3 Å². The summed E-state index contributed by atoms with van der Waals surface area (Å²) < 4.78 is 67.1. The van der Waals surface area contributed by atoms with Crippen molar-refractivity contribution in [1.29, 1.82) is 0 Å². The van der Waals surface area contributed by atoms with E-state index in [1.165, 1.54) is 6.08 Å². The minimum atomic E-state index is -0.651. The third kappa shape index (κ3) is 19.7. The maximum absolute atomic E-state index is 12.7. The van der Waals surface area contributed by atoms with Crippen LogP contribution in [0.3, 0.4) is 0 Å². The van der Waals surface area contributed by atoms with E-state index in [0.717, 1.165) is 79.6 Å². The summed E-state index contributed by atoms with van der Waals surface area (Å²) in [7, 11) is 0. The van der Waals surface area contributed by atoms with Crippen molar-refractivity contribution >= 4 is 0 Å². The third-order valence-corrected chi connectivity index (χ3v) is 19.2. The van der Waals surface area contributed by atoms with Crippen molar-refractivity contribution in [1.82, 2.24) is 68.5 Å². The van der Waals surface area contributed by atoms with Gasteiger partial charge in [-0.3, -0.25) is 0 Å². The summed E-state index contributed by atoms with van der Waals surface area (Å²) in [5.41, 5.74) is -8.19. The molecule has 1 N–H and O–H groups in total. The monoisotopic (exact) mass is 1570 g/mol. The molecule has 112 heavy (non-hydrogen) atoms. The Morgan fingerprint density at radius 2 is 0.643 bits per heavy atom. The molecule has 0 saturated carbocycles. The van der Waals surface area contributed by atoms with Gasteiger partial charge in [-0.15, -0.1) is 13.2 Å². The molecular formula is C71H87N15O26. The maximum atomic E-state index is 12.7. The molecule has 0 bridgehead atoms. The quantitative estimate of drug-likeness (QED) is 0.0312. The number of aromatic nitrogens is 15. The molecule has 10 aliphatic heterocycles. The lowest BCUT2D eigenvalue weighted by molar-refractivity contribution is 0.262. The Morgan fingerprint density at radius 1 is 0.384 bits per heavy atom. The zero-order valence-corrected chi connectivity index (χ0v) is 61.8. The zero-order valence-electron chi connectivity index (χ0n) is 61.8. The van der Waals surface area contributed by atoms with Crippen LogP contribution in [-0.4, -0.2) is 206 Å². The first-order chi connectivity index (χ1) is 53.6. The number of rotatable bonds is 31. The first-order valence-electron chi connectivity index (χ1n) is 36.6. The van der Waals surface area contributed by atoms with E-state index in [1.807, 2.05) is 51.1 Å². The zero-order chi connectivity index (χ0) is 79.6. The van der Waals surface area contributed by atoms with Gasteiger partial charge in [-0.2, -0.15) is 0 Å². The molecule has 0 spiro atoms. The average molecular weight is 1570 g/mol. The lowest BCUT2D eigenvalue weighted by Gasteiger charge is -2.15. The number of para-hydroxylation sites is 1. The van der Waals surface area contributed by atoms with Crippen LogP contribution in [0, 0.1) is 0 Å². The molecular weight excluding hydrogens is 1480 g/mol. The molecule has 41 heteroatoms. The molecule has 7 aromatic rings. The first kappa shape index (κ1) is 79.6. The predicted molar refractivity (Wildman–Crippen MR) is 391 cm³/mol. The van der Waals surface area contributed by atoms with Crippen molar-refractivity contribution in [3.05, 3.63) is 248 Å². The Morgan fingerprint density at radius 3 is 0.920 bits per heavy atom. The smallest absolute Gasteiger partial charge is 0.341 e. The Kier molecular flexibility index (Phi) is 23.8. The summed E-state index contributed by atoms with van der Waals surface area (Å²) in [5.74, 6) is 0. The van der Waals surface area contributed by atoms with Gasteiger partial charge in [0.25, 0.3) is 0 Å². The number of ether oxygens (including phenoxy) is 10. The van der Waals surface area contributed by atoms with Crippen LogP contribution in [0.25, 0.3) is 5.69 Å². The van der Waals surface area contributed by atoms with E-state index >= 15 is 0 Å². The van der Waals surface area contributed by atoms with Gasteiger partial charge in [0.2, 0.25) is 0 Å². The summed E-state index contributed by atoms with van der Waals surface area (Å²) in [6.45, 7) is 19.7. The molecule has 10 unspecified atom stereocenters. The lowest BCUT2D eigenvalue weighted by atomic mass is 10.2. The molecule has 10 atom stereocenters. The maximum Gasteiger partial charge on any atom is 0.341 e. The molecule has 10 fully saturated rings. The summed E-state index contributed by atoms with van der Waals surface area (Å²) in [6, 6.07) is 17.8. The van der Waals surface area contributed by atoms with Crippen LogP contribution in [0.1, 0.15) is 39.2 Å². The van der Waals surface area contributed by atoms with E-state index in [1.54, 1.807) is 30.3 Å². The van der Waals surface area contributed by atoms with Crippen LogP contribution in [0.4, 0.5) is 0 Å². The third-order valence-electron chi connectivity index (χ3n) is 19.2. The van der Waals surface area contributed by atoms with Crippen molar-refractivity contribution in [3.63, 3.8) is 0 Å². The van der Waals surface area contributed by atoms with E-state index in [9.17, 15) is 71.9 Å². The Balaban J connectivity index is 0.000000123. The molecule has 0 radical (unpaired) electrons. The molecule has 10 aliphatic rings. The minimum Gasteiger partial charge on any atom is -0.396 e. The fourth-order valence-electron chi connectivity index (χ4n) is 11.9. The number of hydrogen-bond acceptors (Lipinski definition) is 26. The van der Waals surface area contributed by atoms with Crippen LogP contribution in [0.5, 0.6) is 0 Å². The number of aliphatic hydroxyl groups is 1. The summed E-state index contributed by atoms with van der Waals surface area (Å²) >= 11 is 0. The fourth-order valence-corrected chi connectivity index (χ4v) is 11.9. The van der Waals surface area contributed by atoms with Gasteiger partial charge in [-0.25, -0.2) is 140 Å². The highest BCUT2D eigenvalue weighted by Gasteiger charge is 2.44. The van der Waals surface area contributed by atoms with Gasteiger partial charge in [0.05, 0.1) is 199 Å². The molecule has 0 amide bonds. The number of hydrogen-bond donors (Lipinski definition) is 1. The van der Waals surface area contributed by atoms with Crippen molar-refractivity contribution in [2.45, 2.75) is 185 Å². The van der Waals surface area contributed by atoms with Gasteiger partial charge >= 0.3 is 85.3 Å². The Bertz CT molecular complexity index is 5420. The van der Waals surface area contributed by atoms with Gasteiger partial charge in [0.15, 0.2) is 0 Å². The van der Waals surface area contributed by atoms with E-state index in [4.69, 9.17) is 52.5 Å². The summed E-state index contributed by atoms with van der Waals surface area (Å²) in [4.78, 5) is 187. The second-order valence-corrected chi connectivity index (χ2v) is 29.1. The van der Waals surface area contributed by atoms with Crippen molar-refractivity contribution in [3.8, 4) is 5.69 Å². The van der Waals surface area contributed by atoms with Crippen LogP contribution >= 0.6 is 0 Å². The van der Waals surface area contributed by atoms with Crippen LogP contribution in [0.2, 0.25) is 0 Å².